The van der Waals surface area contributed by atoms with Crippen LogP contribution >= 0.6 is 0 Å². The summed E-state index contributed by atoms with van der Waals surface area (Å²) in [6.45, 7) is 2.16. The maximum Gasteiger partial charge on any atom is 0.0675 e. The van der Waals surface area contributed by atoms with Gasteiger partial charge in [-0.1, -0.05) is 0 Å². The lowest BCUT2D eigenvalue weighted by atomic mass is 9.84. The Morgan fingerprint density at radius 3 is 2.64 bits per heavy atom. The van der Waals surface area contributed by atoms with E-state index < -0.39 is 0 Å². The highest BCUT2D eigenvalue weighted by molar-refractivity contribution is 4.84. The first kappa shape index (κ1) is 9.01. The van der Waals surface area contributed by atoms with Gasteiger partial charge in [-0.25, -0.2) is 0 Å². The largest absolute Gasteiger partial charge is 0.381 e. The van der Waals surface area contributed by atoms with E-state index in [2.05, 4.69) is 6.92 Å². The van der Waals surface area contributed by atoms with Crippen LogP contribution in [0.1, 0.15) is 32.6 Å². The van der Waals surface area contributed by atoms with Gasteiger partial charge in [-0.05, 0) is 26.2 Å². The van der Waals surface area contributed by atoms with Gasteiger partial charge in [0.25, 0.3) is 0 Å². The van der Waals surface area contributed by atoms with Crippen molar-refractivity contribution in [1.29, 1.82) is 0 Å². The van der Waals surface area contributed by atoms with E-state index in [-0.39, 0.29) is 5.60 Å². The first-order chi connectivity index (χ1) is 5.20. The molecular weight excluding hydrogens is 140 g/mol. The fourth-order valence-electron chi connectivity index (χ4n) is 1.78. The SMILES string of the molecule is COC1CCCC(C)(OC)C1. The van der Waals surface area contributed by atoms with Crippen molar-refractivity contribution in [2.45, 2.75) is 44.3 Å². The van der Waals surface area contributed by atoms with Crippen molar-refractivity contribution in [3.63, 3.8) is 0 Å². The van der Waals surface area contributed by atoms with Crippen molar-refractivity contribution < 1.29 is 9.47 Å². The Bertz CT molecular complexity index is 125. The van der Waals surface area contributed by atoms with E-state index >= 15 is 0 Å². The maximum absolute atomic E-state index is 5.43. The van der Waals surface area contributed by atoms with Gasteiger partial charge in [-0.15, -0.1) is 0 Å². The fourth-order valence-corrected chi connectivity index (χ4v) is 1.78. The molecule has 0 radical (unpaired) electrons. The Kier molecular flexibility index (Phi) is 2.90. The average molecular weight is 158 g/mol. The van der Waals surface area contributed by atoms with Gasteiger partial charge in [0.2, 0.25) is 0 Å². The van der Waals surface area contributed by atoms with Crippen LogP contribution in [0.3, 0.4) is 0 Å². The fraction of sp³-hybridized carbons (Fsp3) is 1.00. The van der Waals surface area contributed by atoms with E-state index in [0.29, 0.717) is 6.10 Å². The van der Waals surface area contributed by atoms with Crippen LogP contribution in [0.2, 0.25) is 0 Å². The van der Waals surface area contributed by atoms with Crippen LogP contribution in [-0.4, -0.2) is 25.9 Å². The molecule has 1 aliphatic carbocycles. The number of rotatable bonds is 2. The Morgan fingerprint density at radius 2 is 2.09 bits per heavy atom. The van der Waals surface area contributed by atoms with Gasteiger partial charge in [-0.2, -0.15) is 0 Å². The highest BCUT2D eigenvalue weighted by Gasteiger charge is 2.31. The number of ether oxygens (including phenoxy) is 2. The quantitative estimate of drug-likeness (QED) is 0.611. The maximum atomic E-state index is 5.43. The monoisotopic (exact) mass is 158 g/mol. The summed E-state index contributed by atoms with van der Waals surface area (Å²) in [5.41, 5.74) is 0.0684. The third-order valence-corrected chi connectivity index (χ3v) is 2.72. The minimum atomic E-state index is 0.0684. The van der Waals surface area contributed by atoms with Gasteiger partial charge in [-0.3, -0.25) is 0 Å². The van der Waals surface area contributed by atoms with Gasteiger partial charge in [0.1, 0.15) is 0 Å². The van der Waals surface area contributed by atoms with Crippen molar-refractivity contribution >= 4 is 0 Å². The van der Waals surface area contributed by atoms with Crippen LogP contribution in [0.5, 0.6) is 0 Å². The number of hydrogen-bond donors (Lipinski definition) is 0. The molecule has 0 aromatic rings. The summed E-state index contributed by atoms with van der Waals surface area (Å²) in [6.07, 6.45) is 5.04. The molecule has 66 valence electrons. The van der Waals surface area contributed by atoms with Crippen molar-refractivity contribution in [2.24, 2.45) is 0 Å². The second kappa shape index (κ2) is 3.55. The average Bonchev–Trinajstić information content (AvgIpc) is 2.05. The second-order valence-electron chi connectivity index (χ2n) is 3.61. The molecule has 2 heteroatoms. The Hall–Kier alpha value is -0.0800. The molecular formula is C9H18O2. The molecule has 2 unspecified atom stereocenters. The van der Waals surface area contributed by atoms with Gasteiger partial charge in [0, 0.05) is 20.6 Å². The second-order valence-corrected chi connectivity index (χ2v) is 3.61. The summed E-state index contributed by atoms with van der Waals surface area (Å²) in [6, 6.07) is 0. The topological polar surface area (TPSA) is 18.5 Å². The Balaban J connectivity index is 2.44. The Labute approximate surface area is 68.9 Å². The zero-order valence-corrected chi connectivity index (χ0v) is 7.72. The number of hydrogen-bond acceptors (Lipinski definition) is 2. The molecule has 1 aliphatic rings. The first-order valence-corrected chi connectivity index (χ1v) is 4.28. The van der Waals surface area contributed by atoms with Crippen LogP contribution in [-0.2, 0) is 9.47 Å². The molecule has 1 rings (SSSR count). The minimum Gasteiger partial charge on any atom is -0.381 e. The first-order valence-electron chi connectivity index (χ1n) is 4.28. The standard InChI is InChI=1S/C9H18O2/c1-9(11-3)6-4-5-8(7-9)10-2/h8H,4-7H2,1-3H3. The predicted octanol–water partition coefficient (Wildman–Crippen LogP) is 1.98. The summed E-state index contributed by atoms with van der Waals surface area (Å²) < 4.78 is 10.7. The van der Waals surface area contributed by atoms with Crippen LogP contribution < -0.4 is 0 Å². The van der Waals surface area contributed by atoms with Crippen LogP contribution in [0.15, 0.2) is 0 Å². The molecule has 0 N–H and O–H groups in total. The normalized spacial score (nSPS) is 39.0. The molecule has 2 nitrogen and oxygen atoms in total. The zero-order chi connectivity index (χ0) is 8.32. The molecule has 0 bridgehead atoms. The molecule has 0 heterocycles. The summed E-state index contributed by atoms with van der Waals surface area (Å²) in [5.74, 6) is 0. The van der Waals surface area contributed by atoms with E-state index in [9.17, 15) is 0 Å². The minimum absolute atomic E-state index is 0.0684. The zero-order valence-electron chi connectivity index (χ0n) is 7.72. The molecule has 1 saturated carbocycles. The molecule has 1 fully saturated rings. The molecule has 0 aromatic carbocycles. The van der Waals surface area contributed by atoms with E-state index in [1.54, 1.807) is 14.2 Å². The van der Waals surface area contributed by atoms with Gasteiger partial charge >= 0.3 is 0 Å². The van der Waals surface area contributed by atoms with Gasteiger partial charge in [0.05, 0.1) is 11.7 Å². The highest BCUT2D eigenvalue weighted by Crippen LogP contribution is 2.31. The summed E-state index contributed by atoms with van der Waals surface area (Å²) >= 11 is 0. The molecule has 0 saturated heterocycles. The highest BCUT2D eigenvalue weighted by atomic mass is 16.5. The van der Waals surface area contributed by atoms with Crippen molar-refractivity contribution in [3.05, 3.63) is 0 Å². The summed E-state index contributed by atoms with van der Waals surface area (Å²) in [4.78, 5) is 0. The van der Waals surface area contributed by atoms with Gasteiger partial charge in [0.15, 0.2) is 0 Å². The Morgan fingerprint density at radius 1 is 1.36 bits per heavy atom. The third-order valence-electron chi connectivity index (χ3n) is 2.72. The summed E-state index contributed by atoms with van der Waals surface area (Å²) in [7, 11) is 3.57. The lowest BCUT2D eigenvalue weighted by molar-refractivity contribution is -0.0728. The molecule has 0 aromatic heterocycles. The van der Waals surface area contributed by atoms with Crippen molar-refractivity contribution in [2.75, 3.05) is 14.2 Å². The smallest absolute Gasteiger partial charge is 0.0675 e. The van der Waals surface area contributed by atoms with E-state index in [1.807, 2.05) is 0 Å². The predicted molar refractivity (Wildman–Crippen MR) is 44.7 cm³/mol. The third kappa shape index (κ3) is 2.17. The summed E-state index contributed by atoms with van der Waals surface area (Å²) in [5, 5.41) is 0. The van der Waals surface area contributed by atoms with Crippen LogP contribution in [0, 0.1) is 0 Å². The van der Waals surface area contributed by atoms with Crippen molar-refractivity contribution in [1.82, 2.24) is 0 Å². The van der Waals surface area contributed by atoms with Crippen molar-refractivity contribution in [3.8, 4) is 0 Å². The lowest BCUT2D eigenvalue weighted by Gasteiger charge is -2.36. The molecule has 2 atom stereocenters. The van der Waals surface area contributed by atoms with E-state index in [1.165, 1.54) is 19.3 Å². The molecule has 0 amide bonds. The lowest BCUT2D eigenvalue weighted by Crippen LogP contribution is -2.37. The number of methoxy groups -OCH3 is 2. The van der Waals surface area contributed by atoms with E-state index in [0.717, 1.165) is 6.42 Å². The van der Waals surface area contributed by atoms with Gasteiger partial charge < -0.3 is 9.47 Å². The molecule has 0 aliphatic heterocycles. The molecule has 11 heavy (non-hydrogen) atoms. The van der Waals surface area contributed by atoms with Crippen LogP contribution in [0.25, 0.3) is 0 Å². The molecule has 0 spiro atoms. The van der Waals surface area contributed by atoms with E-state index in [4.69, 9.17) is 9.47 Å². The van der Waals surface area contributed by atoms with Crippen LogP contribution in [0.4, 0.5) is 0 Å².